The fourth-order valence-electron chi connectivity index (χ4n) is 1.28. The van der Waals surface area contributed by atoms with Crippen LogP contribution in [-0.2, 0) is 0 Å². The van der Waals surface area contributed by atoms with Crippen molar-refractivity contribution in [3.63, 3.8) is 0 Å². The summed E-state index contributed by atoms with van der Waals surface area (Å²) >= 11 is 1.49. The van der Waals surface area contributed by atoms with Crippen molar-refractivity contribution in [3.8, 4) is 0 Å². The molecule has 0 aromatic carbocycles. The summed E-state index contributed by atoms with van der Waals surface area (Å²) in [4.78, 5) is 8.11. The van der Waals surface area contributed by atoms with E-state index in [4.69, 9.17) is 5.73 Å². The van der Waals surface area contributed by atoms with Gasteiger partial charge in [0.1, 0.15) is 5.03 Å². The van der Waals surface area contributed by atoms with Crippen molar-refractivity contribution < 1.29 is 5.11 Å². The van der Waals surface area contributed by atoms with Gasteiger partial charge in [0.25, 0.3) is 0 Å². The standard InChI is InChI=1S/C10H17N3OS/c1-2-3-8(11)9(7-14)15-10-6-12-4-5-13-10/h4-6,8-9,14H,2-3,7,11H2,1H3. The Morgan fingerprint density at radius 3 is 2.87 bits per heavy atom. The van der Waals surface area contributed by atoms with Gasteiger partial charge < -0.3 is 10.8 Å². The van der Waals surface area contributed by atoms with Gasteiger partial charge in [0.05, 0.1) is 12.8 Å². The lowest BCUT2D eigenvalue weighted by Gasteiger charge is -2.20. The molecule has 0 saturated heterocycles. The summed E-state index contributed by atoms with van der Waals surface area (Å²) in [5.41, 5.74) is 5.96. The van der Waals surface area contributed by atoms with E-state index in [0.29, 0.717) is 0 Å². The van der Waals surface area contributed by atoms with E-state index in [1.165, 1.54) is 11.8 Å². The number of hydrogen-bond acceptors (Lipinski definition) is 5. The highest BCUT2D eigenvalue weighted by molar-refractivity contribution is 7.99. The lowest BCUT2D eigenvalue weighted by Crippen LogP contribution is -2.34. The molecule has 1 aromatic rings. The maximum absolute atomic E-state index is 9.24. The van der Waals surface area contributed by atoms with Crippen LogP contribution in [-0.4, -0.2) is 33.0 Å². The number of nitrogens with two attached hydrogens (primary N) is 1. The number of nitrogens with zero attached hydrogens (tertiary/aromatic N) is 2. The minimum atomic E-state index is 0.00153. The average molecular weight is 227 g/mol. The van der Waals surface area contributed by atoms with E-state index < -0.39 is 0 Å². The normalized spacial score (nSPS) is 14.9. The summed E-state index contributed by atoms with van der Waals surface area (Å²) in [7, 11) is 0. The fourth-order valence-corrected chi connectivity index (χ4v) is 2.22. The number of rotatable bonds is 6. The molecular formula is C10H17N3OS. The molecule has 4 nitrogen and oxygen atoms in total. The van der Waals surface area contributed by atoms with Crippen molar-refractivity contribution in [1.29, 1.82) is 0 Å². The Balaban J connectivity index is 2.53. The van der Waals surface area contributed by atoms with Gasteiger partial charge in [-0.3, -0.25) is 4.98 Å². The molecule has 2 unspecified atom stereocenters. The molecule has 0 saturated carbocycles. The predicted octanol–water partition coefficient (Wildman–Crippen LogP) is 1.06. The second kappa shape index (κ2) is 6.76. The van der Waals surface area contributed by atoms with Gasteiger partial charge in [-0.1, -0.05) is 25.1 Å². The van der Waals surface area contributed by atoms with Crippen LogP contribution in [0.15, 0.2) is 23.6 Å². The van der Waals surface area contributed by atoms with Crippen LogP contribution >= 0.6 is 11.8 Å². The molecule has 0 bridgehead atoms. The summed E-state index contributed by atoms with van der Waals surface area (Å²) in [6.45, 7) is 2.16. The Bertz CT molecular complexity index is 271. The van der Waals surface area contributed by atoms with Gasteiger partial charge in [0.15, 0.2) is 0 Å². The van der Waals surface area contributed by atoms with Crippen molar-refractivity contribution >= 4 is 11.8 Å². The quantitative estimate of drug-likeness (QED) is 0.711. The zero-order valence-corrected chi connectivity index (χ0v) is 9.65. The third-order valence-corrected chi connectivity index (χ3v) is 3.34. The molecule has 3 N–H and O–H groups in total. The Kier molecular flexibility index (Phi) is 5.60. The first-order chi connectivity index (χ1) is 7.27. The number of aliphatic hydroxyl groups excluding tert-OH is 1. The Hall–Kier alpha value is -0.650. The molecule has 1 aromatic heterocycles. The molecule has 0 aliphatic rings. The molecule has 84 valence electrons. The van der Waals surface area contributed by atoms with Gasteiger partial charge >= 0.3 is 0 Å². The van der Waals surface area contributed by atoms with E-state index >= 15 is 0 Å². The molecule has 5 heteroatoms. The van der Waals surface area contributed by atoms with Crippen LogP contribution in [0.5, 0.6) is 0 Å². The first kappa shape index (κ1) is 12.4. The van der Waals surface area contributed by atoms with Gasteiger partial charge in [-0.2, -0.15) is 0 Å². The highest BCUT2D eigenvalue weighted by Crippen LogP contribution is 2.23. The van der Waals surface area contributed by atoms with Gasteiger partial charge in [0, 0.05) is 23.7 Å². The Labute approximate surface area is 94.3 Å². The average Bonchev–Trinajstić information content (AvgIpc) is 2.27. The zero-order chi connectivity index (χ0) is 11.1. The highest BCUT2D eigenvalue weighted by atomic mass is 32.2. The van der Waals surface area contributed by atoms with Crippen LogP contribution in [0.2, 0.25) is 0 Å². The monoisotopic (exact) mass is 227 g/mol. The molecule has 1 rings (SSSR count). The SMILES string of the molecule is CCCC(N)C(CO)Sc1cnccn1. The second-order valence-electron chi connectivity index (χ2n) is 3.34. The van der Waals surface area contributed by atoms with Crippen LogP contribution < -0.4 is 5.73 Å². The summed E-state index contributed by atoms with van der Waals surface area (Å²) in [5, 5.41) is 10.0. The maximum atomic E-state index is 9.24. The van der Waals surface area contributed by atoms with E-state index in [0.717, 1.165) is 17.9 Å². The molecule has 0 radical (unpaired) electrons. The lowest BCUT2D eigenvalue weighted by molar-refractivity contribution is 0.279. The first-order valence-electron chi connectivity index (χ1n) is 5.07. The smallest absolute Gasteiger partial charge is 0.115 e. The highest BCUT2D eigenvalue weighted by Gasteiger charge is 2.17. The second-order valence-corrected chi connectivity index (χ2v) is 4.59. The van der Waals surface area contributed by atoms with Crippen molar-refractivity contribution in [2.24, 2.45) is 5.73 Å². The molecule has 0 aliphatic heterocycles. The van der Waals surface area contributed by atoms with Gasteiger partial charge in [0.2, 0.25) is 0 Å². The molecular weight excluding hydrogens is 210 g/mol. The largest absolute Gasteiger partial charge is 0.395 e. The van der Waals surface area contributed by atoms with E-state index in [9.17, 15) is 5.11 Å². The minimum absolute atomic E-state index is 0.00153. The number of aromatic nitrogens is 2. The van der Waals surface area contributed by atoms with Gasteiger partial charge in [-0.05, 0) is 6.42 Å². The molecule has 1 heterocycles. The maximum Gasteiger partial charge on any atom is 0.115 e. The Morgan fingerprint density at radius 2 is 2.33 bits per heavy atom. The summed E-state index contributed by atoms with van der Waals surface area (Å²) < 4.78 is 0. The molecule has 0 aliphatic carbocycles. The number of hydrogen-bond donors (Lipinski definition) is 2. The van der Waals surface area contributed by atoms with Crippen LogP contribution in [0.1, 0.15) is 19.8 Å². The predicted molar refractivity (Wildman–Crippen MR) is 61.6 cm³/mol. The van der Waals surface area contributed by atoms with E-state index in [1.54, 1.807) is 18.6 Å². The van der Waals surface area contributed by atoms with E-state index in [1.807, 2.05) is 0 Å². The summed E-state index contributed by atoms with van der Waals surface area (Å²) in [6, 6.07) is 0.00649. The first-order valence-corrected chi connectivity index (χ1v) is 5.95. The number of aliphatic hydroxyl groups is 1. The minimum Gasteiger partial charge on any atom is -0.395 e. The number of thioether (sulfide) groups is 1. The third-order valence-electron chi connectivity index (χ3n) is 2.09. The summed E-state index contributed by atoms with van der Waals surface area (Å²) in [6.07, 6.45) is 6.90. The molecule has 0 spiro atoms. The van der Waals surface area contributed by atoms with Gasteiger partial charge in [-0.25, -0.2) is 4.98 Å². The lowest BCUT2D eigenvalue weighted by atomic mass is 10.1. The molecule has 2 atom stereocenters. The van der Waals surface area contributed by atoms with Gasteiger partial charge in [-0.15, -0.1) is 0 Å². The topological polar surface area (TPSA) is 72.0 Å². The molecule has 0 amide bonds. The van der Waals surface area contributed by atoms with Crippen molar-refractivity contribution in [2.45, 2.75) is 36.1 Å². The van der Waals surface area contributed by atoms with Crippen molar-refractivity contribution in [1.82, 2.24) is 9.97 Å². The third kappa shape index (κ3) is 4.15. The van der Waals surface area contributed by atoms with Crippen molar-refractivity contribution in [2.75, 3.05) is 6.61 Å². The molecule has 0 fully saturated rings. The Morgan fingerprint density at radius 1 is 1.53 bits per heavy atom. The van der Waals surface area contributed by atoms with Crippen LogP contribution in [0.3, 0.4) is 0 Å². The molecule has 15 heavy (non-hydrogen) atoms. The van der Waals surface area contributed by atoms with Crippen molar-refractivity contribution in [3.05, 3.63) is 18.6 Å². The van der Waals surface area contributed by atoms with Crippen LogP contribution in [0, 0.1) is 0 Å². The summed E-state index contributed by atoms with van der Waals surface area (Å²) in [5.74, 6) is 0. The van der Waals surface area contributed by atoms with Crippen LogP contribution in [0.4, 0.5) is 0 Å². The van der Waals surface area contributed by atoms with Crippen LogP contribution in [0.25, 0.3) is 0 Å². The fraction of sp³-hybridized carbons (Fsp3) is 0.600. The van der Waals surface area contributed by atoms with E-state index in [2.05, 4.69) is 16.9 Å². The zero-order valence-electron chi connectivity index (χ0n) is 8.84. The van der Waals surface area contributed by atoms with E-state index in [-0.39, 0.29) is 17.9 Å².